The van der Waals surface area contributed by atoms with Crippen LogP contribution in [0.1, 0.15) is 27.9 Å². The van der Waals surface area contributed by atoms with Crippen molar-refractivity contribution in [1.82, 2.24) is 20.1 Å². The lowest BCUT2D eigenvalue weighted by Crippen LogP contribution is -2.53. The number of nitrogens with one attached hydrogen (secondary N) is 1. The summed E-state index contributed by atoms with van der Waals surface area (Å²) >= 11 is 0. The number of Topliss-reactive ketones (excluding diaryl/α,β-unsaturated/α-hetero) is 1. The average molecular weight is 603 g/mol. The molecule has 9 nitrogen and oxygen atoms in total. The molecule has 2 fully saturated rings. The molecule has 0 saturated carbocycles. The molecule has 0 aliphatic carbocycles. The van der Waals surface area contributed by atoms with Crippen molar-refractivity contribution < 1.29 is 23.9 Å². The Morgan fingerprint density at radius 2 is 1.62 bits per heavy atom. The summed E-state index contributed by atoms with van der Waals surface area (Å²) < 4.78 is 5.27. The minimum absolute atomic E-state index is 0.0402. The number of carbonyl (C=O) groups excluding carboxylic acids is 4. The average Bonchev–Trinajstić information content (AvgIpc) is 3.66. The highest BCUT2D eigenvalue weighted by molar-refractivity contribution is 6.01. The van der Waals surface area contributed by atoms with Gasteiger partial charge in [0.2, 0.25) is 11.8 Å². The second kappa shape index (κ2) is 13.1. The third kappa shape index (κ3) is 6.47. The van der Waals surface area contributed by atoms with Crippen LogP contribution in [0.25, 0.3) is 11.1 Å². The molecule has 9 heteroatoms. The van der Waals surface area contributed by atoms with Gasteiger partial charge in [-0.05, 0) is 59.0 Å². The van der Waals surface area contributed by atoms with Gasteiger partial charge in [0.05, 0.1) is 26.1 Å². The van der Waals surface area contributed by atoms with E-state index in [1.807, 2.05) is 60.7 Å². The van der Waals surface area contributed by atoms with E-state index in [1.54, 1.807) is 59.6 Å². The van der Waals surface area contributed by atoms with E-state index in [2.05, 4.69) is 10.3 Å². The van der Waals surface area contributed by atoms with Crippen LogP contribution in [0, 0.1) is 0 Å². The zero-order valence-corrected chi connectivity index (χ0v) is 25.0. The summed E-state index contributed by atoms with van der Waals surface area (Å²) in [6.45, 7) is 0.277. The van der Waals surface area contributed by atoms with Gasteiger partial charge in [-0.3, -0.25) is 24.2 Å². The first-order chi connectivity index (χ1) is 21.9. The molecule has 1 aromatic heterocycles. The third-order valence-electron chi connectivity index (χ3n) is 8.56. The zero-order chi connectivity index (χ0) is 31.3. The first kappa shape index (κ1) is 29.7. The highest BCUT2D eigenvalue weighted by atomic mass is 16.5. The van der Waals surface area contributed by atoms with Crippen molar-refractivity contribution >= 4 is 23.5 Å². The maximum absolute atomic E-state index is 14.2. The highest BCUT2D eigenvalue weighted by Gasteiger charge is 2.52. The molecule has 45 heavy (non-hydrogen) atoms. The molecule has 4 aromatic rings. The number of pyridine rings is 1. The van der Waals surface area contributed by atoms with Crippen LogP contribution in [0.4, 0.5) is 0 Å². The lowest BCUT2D eigenvalue weighted by Gasteiger charge is -2.28. The van der Waals surface area contributed by atoms with Crippen molar-refractivity contribution in [1.29, 1.82) is 0 Å². The Kier molecular flexibility index (Phi) is 8.68. The van der Waals surface area contributed by atoms with Crippen molar-refractivity contribution in [3.8, 4) is 16.9 Å². The summed E-state index contributed by atoms with van der Waals surface area (Å²) in [5.41, 5.74) is 4.03. The number of nitrogens with zero attached hydrogens (tertiary/aromatic N) is 3. The predicted molar refractivity (Wildman–Crippen MR) is 168 cm³/mol. The molecule has 0 spiro atoms. The molecular weight excluding hydrogens is 568 g/mol. The van der Waals surface area contributed by atoms with Crippen LogP contribution >= 0.6 is 0 Å². The molecular formula is C36H34N4O5. The summed E-state index contributed by atoms with van der Waals surface area (Å²) in [6, 6.07) is 26.0. The molecule has 0 radical (unpaired) electrons. The minimum atomic E-state index is -0.925. The van der Waals surface area contributed by atoms with E-state index in [-0.39, 0.29) is 42.9 Å². The SMILES string of the molecule is COc1ccc(CC(NC(=O)c2ccc(-c3ccccc3)cc2)C(=O)N2CCC3C2C(=O)CN3C(=O)Cc2cccnc2)cc1. The Morgan fingerprint density at radius 1 is 0.889 bits per heavy atom. The van der Waals surface area contributed by atoms with Gasteiger partial charge in [0, 0.05) is 30.9 Å². The standard InChI is InChI=1S/C36H34N4O5/c1-45-29-15-9-24(10-16-29)20-30(38-35(43)28-13-11-27(12-14-28)26-7-3-2-4-8-26)36(44)39-19-17-31-34(39)32(41)23-40(31)33(42)21-25-6-5-18-37-22-25/h2-16,18,22,30-31,34H,17,19-21,23H2,1H3,(H,38,43). The Bertz CT molecular complexity index is 1680. The van der Waals surface area contributed by atoms with E-state index in [4.69, 9.17) is 4.74 Å². The molecule has 6 rings (SSSR count). The van der Waals surface area contributed by atoms with Crippen LogP contribution in [0.3, 0.4) is 0 Å². The lowest BCUT2D eigenvalue weighted by molar-refractivity contribution is -0.138. The van der Waals surface area contributed by atoms with Gasteiger partial charge in [-0.15, -0.1) is 0 Å². The van der Waals surface area contributed by atoms with Crippen molar-refractivity contribution in [2.45, 2.75) is 37.4 Å². The Morgan fingerprint density at radius 3 is 2.31 bits per heavy atom. The van der Waals surface area contributed by atoms with E-state index in [1.165, 1.54) is 0 Å². The van der Waals surface area contributed by atoms with Gasteiger partial charge in [-0.25, -0.2) is 0 Å². The van der Waals surface area contributed by atoms with Gasteiger partial charge >= 0.3 is 0 Å². The van der Waals surface area contributed by atoms with Crippen molar-refractivity contribution in [3.05, 3.63) is 120 Å². The van der Waals surface area contributed by atoms with Crippen LogP contribution in [-0.4, -0.2) is 76.6 Å². The van der Waals surface area contributed by atoms with E-state index in [0.29, 0.717) is 24.3 Å². The normalized spacial score (nSPS) is 17.9. The third-order valence-corrected chi connectivity index (χ3v) is 8.56. The molecule has 228 valence electrons. The Hall–Kier alpha value is -5.31. The Labute approximate surface area is 261 Å². The topological polar surface area (TPSA) is 109 Å². The van der Waals surface area contributed by atoms with Gasteiger partial charge in [0.1, 0.15) is 17.8 Å². The maximum atomic E-state index is 14.2. The minimum Gasteiger partial charge on any atom is -0.497 e. The molecule has 3 atom stereocenters. The number of fused-ring (bicyclic) bond motifs is 1. The number of methoxy groups -OCH3 is 1. The number of aromatic nitrogens is 1. The summed E-state index contributed by atoms with van der Waals surface area (Å²) in [7, 11) is 1.58. The molecule has 3 aromatic carbocycles. The van der Waals surface area contributed by atoms with Gasteiger partial charge in [0.15, 0.2) is 5.78 Å². The second-order valence-electron chi connectivity index (χ2n) is 11.4. The van der Waals surface area contributed by atoms with E-state index < -0.39 is 18.1 Å². The number of carbonyl (C=O) groups is 4. The van der Waals surface area contributed by atoms with Crippen LogP contribution in [0.5, 0.6) is 5.75 Å². The highest BCUT2D eigenvalue weighted by Crippen LogP contribution is 2.31. The fourth-order valence-electron chi connectivity index (χ4n) is 6.25. The maximum Gasteiger partial charge on any atom is 0.251 e. The number of likely N-dealkylation sites (tertiary alicyclic amines) is 2. The first-order valence-corrected chi connectivity index (χ1v) is 15.0. The zero-order valence-electron chi connectivity index (χ0n) is 25.0. The molecule has 3 heterocycles. The van der Waals surface area contributed by atoms with Gasteiger partial charge in [-0.1, -0.05) is 60.7 Å². The number of ketones is 1. The number of hydrogen-bond acceptors (Lipinski definition) is 6. The van der Waals surface area contributed by atoms with Crippen molar-refractivity contribution in [3.63, 3.8) is 0 Å². The quantitative estimate of drug-likeness (QED) is 0.313. The molecule has 2 aliphatic heterocycles. The summed E-state index contributed by atoms with van der Waals surface area (Å²) in [5, 5.41) is 2.95. The predicted octanol–water partition coefficient (Wildman–Crippen LogP) is 3.72. The first-order valence-electron chi connectivity index (χ1n) is 15.0. The van der Waals surface area contributed by atoms with Crippen molar-refractivity contribution in [2.75, 3.05) is 20.2 Å². The van der Waals surface area contributed by atoms with Gasteiger partial charge in [-0.2, -0.15) is 0 Å². The summed E-state index contributed by atoms with van der Waals surface area (Å²) in [5.74, 6) is -0.388. The number of hydrogen-bond donors (Lipinski definition) is 1. The van der Waals surface area contributed by atoms with Crippen molar-refractivity contribution in [2.24, 2.45) is 0 Å². The smallest absolute Gasteiger partial charge is 0.251 e. The van der Waals surface area contributed by atoms with E-state index in [0.717, 1.165) is 22.3 Å². The molecule has 1 N–H and O–H groups in total. The number of rotatable bonds is 9. The summed E-state index contributed by atoms with van der Waals surface area (Å²) in [6.07, 6.45) is 4.13. The van der Waals surface area contributed by atoms with Crippen LogP contribution in [-0.2, 0) is 27.2 Å². The van der Waals surface area contributed by atoms with E-state index >= 15 is 0 Å². The fourth-order valence-corrected chi connectivity index (χ4v) is 6.25. The number of ether oxygens (including phenoxy) is 1. The van der Waals surface area contributed by atoms with Crippen LogP contribution in [0.2, 0.25) is 0 Å². The van der Waals surface area contributed by atoms with Gasteiger partial charge < -0.3 is 19.9 Å². The van der Waals surface area contributed by atoms with E-state index in [9.17, 15) is 19.2 Å². The number of amides is 3. The number of benzene rings is 3. The molecule has 0 bridgehead atoms. The van der Waals surface area contributed by atoms with Crippen LogP contribution < -0.4 is 10.1 Å². The lowest BCUT2D eigenvalue weighted by atomic mass is 10.0. The monoisotopic (exact) mass is 602 g/mol. The summed E-state index contributed by atoms with van der Waals surface area (Å²) in [4.78, 5) is 61.4. The van der Waals surface area contributed by atoms with Crippen LogP contribution in [0.15, 0.2) is 103 Å². The molecule has 2 saturated heterocycles. The molecule has 3 unspecified atom stereocenters. The largest absolute Gasteiger partial charge is 0.497 e. The second-order valence-corrected chi connectivity index (χ2v) is 11.4. The van der Waals surface area contributed by atoms with Gasteiger partial charge in [0.25, 0.3) is 5.91 Å². The molecule has 2 aliphatic rings. The molecule has 3 amide bonds. The Balaban J connectivity index is 1.20. The fraction of sp³-hybridized carbons (Fsp3) is 0.250.